The maximum atomic E-state index is 9.44. The number of hydrogen-bond acceptors (Lipinski definition) is 3. The predicted molar refractivity (Wildman–Crippen MR) is 99.1 cm³/mol. The Morgan fingerprint density at radius 2 is 1.70 bits per heavy atom. The van der Waals surface area contributed by atoms with E-state index in [1.165, 1.54) is 29.9 Å². The molecular formula is C20H36N2O. The summed E-state index contributed by atoms with van der Waals surface area (Å²) in [5.74, 6) is 0.578. The van der Waals surface area contributed by atoms with E-state index in [1.54, 1.807) is 7.05 Å². The van der Waals surface area contributed by atoms with Gasteiger partial charge in [-0.05, 0) is 37.4 Å². The average Bonchev–Trinajstić information content (AvgIpc) is 2.57. The fourth-order valence-electron chi connectivity index (χ4n) is 3.10. The molecule has 1 aromatic carbocycles. The third kappa shape index (κ3) is 7.96. The Labute approximate surface area is 143 Å². The predicted octanol–water partition coefficient (Wildman–Crippen LogP) is 4.77. The van der Waals surface area contributed by atoms with Crippen LogP contribution in [0.1, 0.15) is 64.4 Å². The molecular weight excluding hydrogens is 284 g/mol. The molecule has 1 atom stereocenters. The highest BCUT2D eigenvalue weighted by Crippen LogP contribution is 2.20. The lowest BCUT2D eigenvalue weighted by molar-refractivity contribution is -0.116. The standard InChI is InChI=1S/C15H24N2O.C5H12/c1-13(14-6-4-3-5-7-14)12-17-10-8-15(9-11-17)16(2)18;1-3-5-4-2/h3-7,13,15,18H,8-12H2,1-2H3;3-5H2,1-2H3. The summed E-state index contributed by atoms with van der Waals surface area (Å²) in [4.78, 5) is 2.51. The van der Waals surface area contributed by atoms with E-state index in [4.69, 9.17) is 0 Å². The summed E-state index contributed by atoms with van der Waals surface area (Å²) < 4.78 is 0. The normalized spacial score (nSPS) is 17.7. The number of likely N-dealkylation sites (tertiary alicyclic amines) is 1. The zero-order chi connectivity index (χ0) is 17.1. The molecule has 0 amide bonds. The van der Waals surface area contributed by atoms with Gasteiger partial charge in [-0.3, -0.25) is 0 Å². The number of nitrogens with zero attached hydrogens (tertiary/aromatic N) is 2. The van der Waals surface area contributed by atoms with E-state index in [2.05, 4.69) is 56.0 Å². The van der Waals surface area contributed by atoms with Crippen molar-refractivity contribution in [1.29, 1.82) is 0 Å². The third-order valence-electron chi connectivity index (χ3n) is 4.69. The molecule has 0 saturated carbocycles. The zero-order valence-electron chi connectivity index (χ0n) is 15.5. The first kappa shape index (κ1) is 20.1. The Hall–Kier alpha value is -0.900. The van der Waals surface area contributed by atoms with E-state index in [0.29, 0.717) is 12.0 Å². The molecule has 1 fully saturated rings. The second-order valence-corrected chi connectivity index (χ2v) is 6.77. The Balaban J connectivity index is 0.000000463. The van der Waals surface area contributed by atoms with Crippen LogP contribution in [0.25, 0.3) is 0 Å². The Morgan fingerprint density at radius 3 is 2.13 bits per heavy atom. The molecule has 2 rings (SSSR count). The topological polar surface area (TPSA) is 26.7 Å². The lowest BCUT2D eigenvalue weighted by Crippen LogP contribution is -2.43. The van der Waals surface area contributed by atoms with Crippen LogP contribution in [-0.2, 0) is 0 Å². The number of hydrogen-bond donors (Lipinski definition) is 1. The molecule has 0 aromatic heterocycles. The Bertz CT molecular complexity index is 384. The van der Waals surface area contributed by atoms with Crippen LogP contribution in [0.5, 0.6) is 0 Å². The van der Waals surface area contributed by atoms with E-state index in [-0.39, 0.29) is 0 Å². The van der Waals surface area contributed by atoms with Crippen molar-refractivity contribution >= 4 is 0 Å². The van der Waals surface area contributed by atoms with Crippen LogP contribution in [0.4, 0.5) is 0 Å². The van der Waals surface area contributed by atoms with Crippen LogP contribution in [0.2, 0.25) is 0 Å². The first-order valence-electron chi connectivity index (χ1n) is 9.27. The SMILES string of the molecule is CC(CN1CCC(N(C)O)CC1)c1ccccc1.CCCCC. The monoisotopic (exact) mass is 320 g/mol. The van der Waals surface area contributed by atoms with Crippen molar-refractivity contribution in [2.75, 3.05) is 26.7 Å². The average molecular weight is 321 g/mol. The van der Waals surface area contributed by atoms with Crippen molar-refractivity contribution in [2.45, 2.75) is 64.8 Å². The number of benzene rings is 1. The van der Waals surface area contributed by atoms with Gasteiger partial charge in [0.1, 0.15) is 0 Å². The molecule has 132 valence electrons. The minimum Gasteiger partial charge on any atom is -0.314 e. The summed E-state index contributed by atoms with van der Waals surface area (Å²) in [7, 11) is 1.76. The van der Waals surface area contributed by atoms with Crippen molar-refractivity contribution in [1.82, 2.24) is 9.96 Å². The second kappa shape index (κ2) is 11.6. The molecule has 23 heavy (non-hydrogen) atoms. The van der Waals surface area contributed by atoms with Gasteiger partial charge in [-0.15, -0.1) is 0 Å². The summed E-state index contributed by atoms with van der Waals surface area (Å²) in [5, 5.41) is 10.8. The smallest absolute Gasteiger partial charge is 0.0371 e. The summed E-state index contributed by atoms with van der Waals surface area (Å²) in [6.07, 6.45) is 6.20. The summed E-state index contributed by atoms with van der Waals surface area (Å²) >= 11 is 0. The summed E-state index contributed by atoms with van der Waals surface area (Å²) in [5.41, 5.74) is 1.42. The molecule has 3 nitrogen and oxygen atoms in total. The molecule has 1 N–H and O–H groups in total. The van der Waals surface area contributed by atoms with E-state index in [9.17, 15) is 5.21 Å². The first-order valence-corrected chi connectivity index (χ1v) is 9.27. The summed E-state index contributed by atoms with van der Waals surface area (Å²) in [6, 6.07) is 11.0. The lowest BCUT2D eigenvalue weighted by Gasteiger charge is -2.35. The van der Waals surface area contributed by atoms with Gasteiger partial charge >= 0.3 is 0 Å². The van der Waals surface area contributed by atoms with Gasteiger partial charge in [0.05, 0.1) is 0 Å². The van der Waals surface area contributed by atoms with Gasteiger partial charge < -0.3 is 10.1 Å². The maximum absolute atomic E-state index is 9.44. The first-order chi connectivity index (χ1) is 11.1. The fraction of sp³-hybridized carbons (Fsp3) is 0.700. The number of piperidine rings is 1. The van der Waals surface area contributed by atoms with Crippen molar-refractivity contribution < 1.29 is 5.21 Å². The van der Waals surface area contributed by atoms with Gasteiger partial charge in [-0.2, -0.15) is 5.06 Å². The fourth-order valence-corrected chi connectivity index (χ4v) is 3.10. The van der Waals surface area contributed by atoms with Crippen LogP contribution in [-0.4, -0.2) is 47.9 Å². The molecule has 1 aliphatic rings. The van der Waals surface area contributed by atoms with Crippen LogP contribution in [0, 0.1) is 0 Å². The third-order valence-corrected chi connectivity index (χ3v) is 4.69. The lowest BCUT2D eigenvalue weighted by atomic mass is 9.98. The Kier molecular flexibility index (Phi) is 10.2. The van der Waals surface area contributed by atoms with Gasteiger partial charge in [0.2, 0.25) is 0 Å². The molecule has 0 aliphatic carbocycles. The van der Waals surface area contributed by atoms with E-state index < -0.39 is 0 Å². The molecule has 0 bridgehead atoms. The van der Waals surface area contributed by atoms with Gasteiger partial charge in [0, 0.05) is 19.6 Å². The van der Waals surface area contributed by atoms with Crippen LogP contribution >= 0.6 is 0 Å². The molecule has 0 radical (unpaired) electrons. The van der Waals surface area contributed by atoms with Crippen molar-refractivity contribution in [3.63, 3.8) is 0 Å². The van der Waals surface area contributed by atoms with E-state index >= 15 is 0 Å². The quantitative estimate of drug-likeness (QED) is 0.765. The minimum absolute atomic E-state index is 0.341. The highest BCUT2D eigenvalue weighted by atomic mass is 16.5. The van der Waals surface area contributed by atoms with Crippen molar-refractivity contribution in [3.05, 3.63) is 35.9 Å². The van der Waals surface area contributed by atoms with Gasteiger partial charge in [-0.25, -0.2) is 0 Å². The molecule has 1 unspecified atom stereocenters. The van der Waals surface area contributed by atoms with Crippen LogP contribution < -0.4 is 0 Å². The van der Waals surface area contributed by atoms with Gasteiger partial charge in [0.15, 0.2) is 0 Å². The van der Waals surface area contributed by atoms with Crippen LogP contribution in [0.3, 0.4) is 0 Å². The van der Waals surface area contributed by atoms with Gasteiger partial charge in [0.25, 0.3) is 0 Å². The molecule has 1 aromatic rings. The maximum Gasteiger partial charge on any atom is 0.0371 e. The van der Waals surface area contributed by atoms with Crippen molar-refractivity contribution in [2.24, 2.45) is 0 Å². The highest BCUT2D eigenvalue weighted by Gasteiger charge is 2.22. The number of hydroxylamine groups is 2. The zero-order valence-corrected chi connectivity index (χ0v) is 15.5. The Morgan fingerprint density at radius 1 is 1.13 bits per heavy atom. The highest BCUT2D eigenvalue weighted by molar-refractivity contribution is 5.19. The largest absolute Gasteiger partial charge is 0.314 e. The van der Waals surface area contributed by atoms with Crippen LogP contribution in [0.15, 0.2) is 30.3 Å². The molecule has 1 saturated heterocycles. The van der Waals surface area contributed by atoms with E-state index in [1.807, 2.05) is 0 Å². The minimum atomic E-state index is 0.341. The molecule has 1 aliphatic heterocycles. The van der Waals surface area contributed by atoms with Crippen molar-refractivity contribution in [3.8, 4) is 0 Å². The number of rotatable bonds is 6. The second-order valence-electron chi connectivity index (χ2n) is 6.77. The molecule has 0 spiro atoms. The molecule has 3 heteroatoms. The summed E-state index contributed by atoms with van der Waals surface area (Å²) in [6.45, 7) is 10.0. The van der Waals surface area contributed by atoms with E-state index in [0.717, 1.165) is 32.5 Å². The van der Waals surface area contributed by atoms with Gasteiger partial charge in [-0.1, -0.05) is 70.4 Å². The number of unbranched alkanes of at least 4 members (excludes halogenated alkanes) is 2. The molecule has 1 heterocycles.